The lowest BCUT2D eigenvalue weighted by Gasteiger charge is -2.59. The molecule has 4 heterocycles. The van der Waals surface area contributed by atoms with Gasteiger partial charge in [0.25, 0.3) is 0 Å². The SMILES string of the molecule is Cc1ccc(C=C=Cc2ccc(C(=O)O[C@@H]3O[C@@H]4O[C@@]5(C)CC[C@H]6[C@H](C)CC[C@@H]([C@H]3C)[C@@]46OO5)cc2)cc1. The van der Waals surface area contributed by atoms with E-state index in [0.717, 1.165) is 36.8 Å². The zero-order valence-corrected chi connectivity index (χ0v) is 22.5. The second kappa shape index (κ2) is 9.78. The van der Waals surface area contributed by atoms with Crippen molar-refractivity contribution in [3.63, 3.8) is 0 Å². The van der Waals surface area contributed by atoms with Gasteiger partial charge in [0.15, 0.2) is 11.9 Å². The topological polar surface area (TPSA) is 63.2 Å². The number of hydrogen-bond donors (Lipinski definition) is 0. The molecule has 6 nitrogen and oxygen atoms in total. The van der Waals surface area contributed by atoms with E-state index in [9.17, 15) is 4.79 Å². The van der Waals surface area contributed by atoms with Crippen molar-refractivity contribution in [2.75, 3.05) is 0 Å². The van der Waals surface area contributed by atoms with Crippen LogP contribution >= 0.6 is 0 Å². The van der Waals surface area contributed by atoms with Crippen molar-refractivity contribution >= 4 is 18.1 Å². The summed E-state index contributed by atoms with van der Waals surface area (Å²) in [4.78, 5) is 25.2. The first-order valence-corrected chi connectivity index (χ1v) is 13.8. The van der Waals surface area contributed by atoms with Gasteiger partial charge in [0.05, 0.1) is 5.56 Å². The Morgan fingerprint density at radius 1 is 0.947 bits per heavy atom. The summed E-state index contributed by atoms with van der Waals surface area (Å²) >= 11 is 0. The fourth-order valence-corrected chi connectivity index (χ4v) is 6.79. The first-order valence-electron chi connectivity index (χ1n) is 13.8. The van der Waals surface area contributed by atoms with E-state index in [4.69, 9.17) is 24.0 Å². The van der Waals surface area contributed by atoms with E-state index in [-0.39, 0.29) is 17.8 Å². The number of carbonyl (C=O) groups excluding carboxylic acids is 1. The second-order valence-electron chi connectivity index (χ2n) is 11.7. The summed E-state index contributed by atoms with van der Waals surface area (Å²) in [6, 6.07) is 15.6. The molecule has 7 rings (SSSR count). The lowest BCUT2D eigenvalue weighted by Crippen LogP contribution is -2.70. The lowest BCUT2D eigenvalue weighted by atomic mass is 9.58. The van der Waals surface area contributed by atoms with Crippen LogP contribution in [0.15, 0.2) is 54.3 Å². The fourth-order valence-electron chi connectivity index (χ4n) is 6.79. The normalized spacial score (nSPS) is 37.4. The Morgan fingerprint density at radius 2 is 1.63 bits per heavy atom. The van der Waals surface area contributed by atoms with Gasteiger partial charge in [-0.15, -0.1) is 5.73 Å². The Kier molecular flexibility index (Phi) is 6.58. The minimum Gasteiger partial charge on any atom is -0.432 e. The highest BCUT2D eigenvalue weighted by atomic mass is 17.3. The average molecular weight is 517 g/mol. The fraction of sp³-hybridized carbons (Fsp3) is 0.500. The van der Waals surface area contributed by atoms with Gasteiger partial charge in [0, 0.05) is 18.3 Å². The van der Waals surface area contributed by atoms with Crippen LogP contribution in [0.1, 0.15) is 73.5 Å². The number of fused-ring (bicyclic) bond motifs is 2. The maximum absolute atomic E-state index is 13.1. The molecule has 5 aliphatic rings. The summed E-state index contributed by atoms with van der Waals surface area (Å²) in [5.74, 6) is -0.466. The van der Waals surface area contributed by atoms with Crippen molar-refractivity contribution in [2.24, 2.45) is 23.7 Å². The third kappa shape index (κ3) is 4.45. The molecule has 2 bridgehead atoms. The van der Waals surface area contributed by atoms with E-state index in [1.165, 1.54) is 5.56 Å². The first-order chi connectivity index (χ1) is 18.3. The summed E-state index contributed by atoms with van der Waals surface area (Å²) in [5, 5.41) is 0. The lowest BCUT2D eigenvalue weighted by molar-refractivity contribution is -0.576. The number of hydrogen-bond acceptors (Lipinski definition) is 6. The van der Waals surface area contributed by atoms with Crippen molar-refractivity contribution in [2.45, 2.75) is 77.3 Å². The number of benzene rings is 2. The molecule has 2 aromatic carbocycles. The predicted octanol–water partition coefficient (Wildman–Crippen LogP) is 6.69. The Balaban J connectivity index is 1.16. The van der Waals surface area contributed by atoms with E-state index in [1.54, 1.807) is 12.1 Å². The molecule has 0 unspecified atom stereocenters. The van der Waals surface area contributed by atoms with Crippen LogP contribution in [0.4, 0.5) is 0 Å². The van der Waals surface area contributed by atoms with Crippen molar-refractivity contribution in [1.29, 1.82) is 0 Å². The molecule has 5 fully saturated rings. The molecular weight excluding hydrogens is 480 g/mol. The Hall–Kier alpha value is -2.73. The maximum Gasteiger partial charge on any atom is 0.340 e. The van der Waals surface area contributed by atoms with Crippen LogP contribution in [0.25, 0.3) is 12.2 Å². The monoisotopic (exact) mass is 516 g/mol. The van der Waals surface area contributed by atoms with Crippen LogP contribution in [-0.2, 0) is 24.0 Å². The molecule has 4 aliphatic heterocycles. The van der Waals surface area contributed by atoms with Crippen LogP contribution < -0.4 is 0 Å². The largest absolute Gasteiger partial charge is 0.432 e. The van der Waals surface area contributed by atoms with Gasteiger partial charge in [-0.05, 0) is 80.4 Å². The minimum atomic E-state index is -0.857. The third-order valence-electron chi connectivity index (χ3n) is 9.04. The van der Waals surface area contributed by atoms with E-state index < -0.39 is 29.9 Å². The van der Waals surface area contributed by atoms with Crippen LogP contribution in [0.3, 0.4) is 0 Å². The van der Waals surface area contributed by atoms with Gasteiger partial charge in [0.1, 0.15) is 0 Å². The van der Waals surface area contributed by atoms with E-state index in [2.05, 4.69) is 50.8 Å². The number of rotatable bonds is 4. The summed E-state index contributed by atoms with van der Waals surface area (Å²) in [7, 11) is 0. The average Bonchev–Trinajstić information content (AvgIpc) is 3.14. The van der Waals surface area contributed by atoms with Crippen LogP contribution in [0.2, 0.25) is 0 Å². The van der Waals surface area contributed by atoms with E-state index in [0.29, 0.717) is 11.5 Å². The molecule has 1 saturated carbocycles. The van der Waals surface area contributed by atoms with Crippen molar-refractivity contribution in [1.82, 2.24) is 0 Å². The van der Waals surface area contributed by atoms with Gasteiger partial charge < -0.3 is 14.2 Å². The first kappa shape index (κ1) is 25.5. The maximum atomic E-state index is 13.1. The van der Waals surface area contributed by atoms with Gasteiger partial charge in [0.2, 0.25) is 12.1 Å². The van der Waals surface area contributed by atoms with Crippen LogP contribution in [-0.4, -0.2) is 29.9 Å². The molecule has 1 aliphatic carbocycles. The third-order valence-corrected chi connectivity index (χ3v) is 9.04. The number of esters is 1. The molecular formula is C32H36O6. The summed E-state index contributed by atoms with van der Waals surface area (Å²) in [5.41, 5.74) is 6.28. The van der Waals surface area contributed by atoms with E-state index >= 15 is 0 Å². The standard InChI is InChI=1S/C32H36O6/c1-20-8-11-23(12-9-20)6-5-7-24-13-15-25(16-14-24)28(33)34-29-22(3)27-17-10-21(2)26-18-19-31(4)36-30(35-29)32(26,27)38-37-31/h6-9,11-16,21-22,26-27,29-30H,10,17-19H2,1-4H3/t5?,21-,22-,26+,27+,29-,30-,31-,32-/m1/s1. The van der Waals surface area contributed by atoms with Gasteiger partial charge in [-0.1, -0.05) is 55.8 Å². The highest BCUT2D eigenvalue weighted by Gasteiger charge is 2.69. The zero-order chi connectivity index (χ0) is 26.5. The Labute approximate surface area is 224 Å². The summed E-state index contributed by atoms with van der Waals surface area (Å²) in [6.45, 7) is 8.32. The molecule has 4 saturated heterocycles. The van der Waals surface area contributed by atoms with Gasteiger partial charge in [-0.25, -0.2) is 14.6 Å². The van der Waals surface area contributed by atoms with E-state index in [1.807, 2.05) is 31.2 Å². The molecule has 6 heteroatoms. The van der Waals surface area contributed by atoms with Gasteiger partial charge >= 0.3 is 5.97 Å². The Morgan fingerprint density at radius 3 is 2.34 bits per heavy atom. The molecule has 0 aromatic heterocycles. The quantitative estimate of drug-likeness (QED) is 0.256. The summed E-state index contributed by atoms with van der Waals surface area (Å²) in [6.07, 6.45) is 6.23. The minimum absolute atomic E-state index is 0.0611. The summed E-state index contributed by atoms with van der Waals surface area (Å²) < 4.78 is 18.7. The molecule has 1 spiro atoms. The van der Waals surface area contributed by atoms with Crippen LogP contribution in [0, 0.1) is 30.6 Å². The smallest absolute Gasteiger partial charge is 0.340 e. The van der Waals surface area contributed by atoms with Crippen molar-refractivity contribution in [3.8, 4) is 0 Å². The van der Waals surface area contributed by atoms with Crippen molar-refractivity contribution < 1.29 is 28.8 Å². The van der Waals surface area contributed by atoms with Crippen molar-refractivity contribution in [3.05, 3.63) is 76.5 Å². The predicted molar refractivity (Wildman–Crippen MR) is 142 cm³/mol. The molecule has 38 heavy (non-hydrogen) atoms. The number of aryl methyl sites for hydroxylation is 1. The molecule has 200 valence electrons. The number of ether oxygens (including phenoxy) is 3. The second-order valence-corrected chi connectivity index (χ2v) is 11.7. The Bertz CT molecular complexity index is 1250. The van der Waals surface area contributed by atoms with Gasteiger partial charge in [-0.3, -0.25) is 0 Å². The molecule has 8 atom stereocenters. The molecule has 0 N–H and O–H groups in total. The highest BCUT2D eigenvalue weighted by Crippen LogP contribution is 2.60. The highest BCUT2D eigenvalue weighted by molar-refractivity contribution is 5.89. The molecule has 0 amide bonds. The molecule has 0 radical (unpaired) electrons. The van der Waals surface area contributed by atoms with Crippen LogP contribution in [0.5, 0.6) is 0 Å². The number of carbonyl (C=O) groups is 1. The molecule has 2 aromatic rings. The zero-order valence-electron chi connectivity index (χ0n) is 22.5. The van der Waals surface area contributed by atoms with Gasteiger partial charge in [-0.2, -0.15) is 0 Å².